The number of carbonyl (C=O) groups excluding carboxylic acids is 1. The van der Waals surface area contributed by atoms with E-state index in [1.54, 1.807) is 18.7 Å². The molecule has 0 atom stereocenters. The highest BCUT2D eigenvalue weighted by atomic mass is 32.2. The van der Waals surface area contributed by atoms with E-state index in [9.17, 15) is 21.6 Å². The van der Waals surface area contributed by atoms with Crippen molar-refractivity contribution in [3.63, 3.8) is 0 Å². The van der Waals surface area contributed by atoms with Crippen LogP contribution in [0.3, 0.4) is 0 Å². The van der Waals surface area contributed by atoms with Crippen LogP contribution in [0.2, 0.25) is 0 Å². The normalized spacial score (nSPS) is 16.8. The Bertz CT molecular complexity index is 838. The number of hydrogen-bond acceptors (Lipinski definition) is 5. The van der Waals surface area contributed by atoms with Gasteiger partial charge in [0, 0.05) is 51.1 Å². The van der Waals surface area contributed by atoms with Gasteiger partial charge in [0.15, 0.2) is 9.84 Å². The van der Waals surface area contributed by atoms with E-state index in [4.69, 9.17) is 0 Å². The van der Waals surface area contributed by atoms with Crippen molar-refractivity contribution in [1.29, 1.82) is 0 Å². The van der Waals surface area contributed by atoms with Crippen molar-refractivity contribution in [3.8, 4) is 0 Å². The summed E-state index contributed by atoms with van der Waals surface area (Å²) in [5, 5.41) is 0. The van der Waals surface area contributed by atoms with Gasteiger partial charge in [0.2, 0.25) is 0 Å². The number of piperazine rings is 1. The van der Waals surface area contributed by atoms with Gasteiger partial charge in [-0.05, 0) is 24.3 Å². The Morgan fingerprint density at radius 3 is 1.88 bits per heavy atom. The van der Waals surface area contributed by atoms with Crippen LogP contribution in [-0.2, 0) is 20.0 Å². The second-order valence-corrected chi connectivity index (χ2v) is 10.0. The minimum atomic E-state index is -3.50. The van der Waals surface area contributed by atoms with Crippen LogP contribution in [0.25, 0.3) is 0 Å². The van der Waals surface area contributed by atoms with Crippen LogP contribution in [0.1, 0.15) is 24.2 Å². The number of carbonyl (C=O) groups is 1. The van der Waals surface area contributed by atoms with Crippen LogP contribution >= 0.6 is 0 Å². The van der Waals surface area contributed by atoms with Crippen LogP contribution in [0, 0.1) is 0 Å². The molecule has 1 amide bonds. The van der Waals surface area contributed by atoms with Gasteiger partial charge in [-0.2, -0.15) is 17.0 Å². The number of sulfone groups is 1. The summed E-state index contributed by atoms with van der Waals surface area (Å²) in [5.74, 6) is -0.232. The predicted octanol–water partition coefficient (Wildman–Crippen LogP) is 0.435. The lowest BCUT2D eigenvalue weighted by Gasteiger charge is -2.36. The summed E-state index contributed by atoms with van der Waals surface area (Å²) in [4.78, 5) is 14.3. The van der Waals surface area contributed by atoms with Gasteiger partial charge < -0.3 is 4.90 Å². The van der Waals surface area contributed by atoms with Crippen LogP contribution in [0.15, 0.2) is 29.2 Å². The Balaban J connectivity index is 2.04. The minimum absolute atomic E-state index is 0.157. The average Bonchev–Trinajstić information content (AvgIpc) is 2.61. The molecule has 0 unspecified atom stereocenters. The smallest absolute Gasteiger partial charge is 0.282 e. The zero-order valence-corrected chi connectivity index (χ0v) is 16.9. The van der Waals surface area contributed by atoms with Crippen molar-refractivity contribution in [2.24, 2.45) is 0 Å². The Morgan fingerprint density at radius 1 is 0.962 bits per heavy atom. The Morgan fingerprint density at radius 2 is 1.46 bits per heavy atom. The van der Waals surface area contributed by atoms with E-state index in [0.717, 1.165) is 6.26 Å². The average molecular weight is 404 g/mol. The van der Waals surface area contributed by atoms with Gasteiger partial charge in [-0.1, -0.05) is 13.8 Å². The maximum absolute atomic E-state index is 12.6. The summed E-state index contributed by atoms with van der Waals surface area (Å²) < 4.78 is 50.8. The molecule has 0 N–H and O–H groups in total. The predicted molar refractivity (Wildman–Crippen MR) is 98.9 cm³/mol. The first-order valence-corrected chi connectivity index (χ1v) is 11.7. The van der Waals surface area contributed by atoms with E-state index < -0.39 is 20.0 Å². The lowest BCUT2D eigenvalue weighted by molar-refractivity contribution is 0.0694. The zero-order valence-electron chi connectivity index (χ0n) is 15.3. The zero-order chi connectivity index (χ0) is 19.5. The highest BCUT2D eigenvalue weighted by molar-refractivity contribution is 7.90. The summed E-state index contributed by atoms with van der Waals surface area (Å²) in [6.07, 6.45) is 1.11. The summed E-state index contributed by atoms with van der Waals surface area (Å²) in [5.41, 5.74) is 0.387. The molecule has 1 aromatic carbocycles. The molecule has 0 aliphatic carbocycles. The standard InChI is InChI=1S/C16H25N3O5S2/c1-4-18(5-2)26(23,24)19-12-10-17(11-13-19)16(20)14-6-8-15(9-7-14)25(3,21)22/h6-9H,4-5,10-13H2,1-3H3. The second-order valence-electron chi connectivity index (χ2n) is 6.08. The minimum Gasteiger partial charge on any atom is -0.336 e. The molecule has 0 saturated carbocycles. The summed E-state index contributed by atoms with van der Waals surface area (Å²) >= 11 is 0. The number of rotatable bonds is 6. The maximum Gasteiger partial charge on any atom is 0.282 e. The quantitative estimate of drug-likeness (QED) is 0.687. The maximum atomic E-state index is 12.6. The molecule has 1 aliphatic heterocycles. The van der Waals surface area contributed by atoms with Crippen molar-refractivity contribution in [2.45, 2.75) is 18.7 Å². The van der Waals surface area contributed by atoms with Gasteiger partial charge >= 0.3 is 0 Å². The molecular weight excluding hydrogens is 378 g/mol. The largest absolute Gasteiger partial charge is 0.336 e. The molecule has 0 spiro atoms. The highest BCUT2D eigenvalue weighted by Gasteiger charge is 2.32. The Labute approximate surface area is 155 Å². The lowest BCUT2D eigenvalue weighted by atomic mass is 10.2. The van der Waals surface area contributed by atoms with E-state index in [1.807, 2.05) is 0 Å². The first kappa shape index (κ1) is 20.8. The number of nitrogens with zero attached hydrogens (tertiary/aromatic N) is 3. The highest BCUT2D eigenvalue weighted by Crippen LogP contribution is 2.16. The van der Waals surface area contributed by atoms with Gasteiger partial charge in [0.1, 0.15) is 0 Å². The van der Waals surface area contributed by atoms with Gasteiger partial charge in [-0.15, -0.1) is 0 Å². The fraction of sp³-hybridized carbons (Fsp3) is 0.562. The molecule has 26 heavy (non-hydrogen) atoms. The molecule has 8 nitrogen and oxygen atoms in total. The van der Waals surface area contributed by atoms with Gasteiger partial charge in [0.05, 0.1) is 4.90 Å². The molecule has 2 rings (SSSR count). The summed E-state index contributed by atoms with van der Waals surface area (Å²) in [6.45, 7) is 5.48. The van der Waals surface area contributed by atoms with Crippen molar-refractivity contribution >= 4 is 26.0 Å². The third kappa shape index (κ3) is 4.43. The third-order valence-electron chi connectivity index (χ3n) is 4.41. The van der Waals surface area contributed by atoms with E-state index in [-0.39, 0.29) is 23.9 Å². The van der Waals surface area contributed by atoms with Crippen LogP contribution in [0.4, 0.5) is 0 Å². The van der Waals surface area contributed by atoms with Crippen molar-refractivity contribution < 1.29 is 21.6 Å². The molecular formula is C16H25N3O5S2. The SMILES string of the molecule is CCN(CC)S(=O)(=O)N1CCN(C(=O)c2ccc(S(C)(=O)=O)cc2)CC1. The number of amides is 1. The van der Waals surface area contributed by atoms with Crippen molar-refractivity contribution in [2.75, 3.05) is 45.5 Å². The van der Waals surface area contributed by atoms with E-state index >= 15 is 0 Å². The molecule has 1 aliphatic rings. The topological polar surface area (TPSA) is 95.1 Å². The molecule has 0 aromatic heterocycles. The molecule has 1 fully saturated rings. The molecule has 1 heterocycles. The van der Waals surface area contributed by atoms with Crippen LogP contribution in [0.5, 0.6) is 0 Å². The van der Waals surface area contributed by atoms with Crippen molar-refractivity contribution in [1.82, 2.24) is 13.5 Å². The van der Waals surface area contributed by atoms with E-state index in [2.05, 4.69) is 0 Å². The van der Waals surface area contributed by atoms with Gasteiger partial charge in [-0.3, -0.25) is 4.79 Å². The molecule has 1 aromatic rings. The van der Waals surface area contributed by atoms with Crippen molar-refractivity contribution in [3.05, 3.63) is 29.8 Å². The van der Waals surface area contributed by atoms with Crippen LogP contribution < -0.4 is 0 Å². The summed E-state index contributed by atoms with van der Waals surface area (Å²) in [7, 11) is -6.81. The van der Waals surface area contributed by atoms with E-state index in [1.165, 1.54) is 32.9 Å². The number of benzene rings is 1. The monoisotopic (exact) mass is 403 g/mol. The molecule has 146 valence electrons. The molecule has 1 saturated heterocycles. The lowest BCUT2D eigenvalue weighted by Crippen LogP contribution is -2.54. The molecule has 10 heteroatoms. The summed E-state index contributed by atoms with van der Waals surface area (Å²) in [6, 6.07) is 5.78. The molecule has 0 bridgehead atoms. The molecule has 0 radical (unpaired) electrons. The number of hydrogen-bond donors (Lipinski definition) is 0. The first-order valence-electron chi connectivity index (χ1n) is 8.45. The second kappa shape index (κ2) is 8.03. The van der Waals surface area contributed by atoms with Crippen LogP contribution in [-0.4, -0.2) is 81.8 Å². The first-order chi connectivity index (χ1) is 12.1. The third-order valence-corrected chi connectivity index (χ3v) is 7.73. The van der Waals surface area contributed by atoms with E-state index in [0.29, 0.717) is 31.7 Å². The fourth-order valence-electron chi connectivity index (χ4n) is 2.86. The fourth-order valence-corrected chi connectivity index (χ4v) is 5.10. The van der Waals surface area contributed by atoms with Gasteiger partial charge in [-0.25, -0.2) is 8.42 Å². The Hall–Kier alpha value is -1.49. The Kier molecular flexibility index (Phi) is 6.43. The van der Waals surface area contributed by atoms with Gasteiger partial charge in [0.25, 0.3) is 16.1 Å².